The van der Waals surface area contributed by atoms with Gasteiger partial charge in [0, 0.05) is 34.4 Å². The van der Waals surface area contributed by atoms with Gasteiger partial charge >= 0.3 is 6.03 Å². The molecule has 4 aromatic carbocycles. The van der Waals surface area contributed by atoms with Crippen LogP contribution in [0.3, 0.4) is 0 Å². The zero-order chi connectivity index (χ0) is 29.3. The van der Waals surface area contributed by atoms with Crippen molar-refractivity contribution in [2.75, 3.05) is 18.2 Å². The van der Waals surface area contributed by atoms with Crippen molar-refractivity contribution in [3.8, 4) is 5.75 Å². The fourth-order valence-corrected chi connectivity index (χ4v) is 6.09. The molecular formula is C34H36N2O5S. The Morgan fingerprint density at radius 3 is 2.26 bits per heavy atom. The first-order chi connectivity index (χ1) is 20.5. The lowest BCUT2D eigenvalue weighted by atomic mass is 9.91. The van der Waals surface area contributed by atoms with Gasteiger partial charge < -0.3 is 30.0 Å². The molecular weight excluding hydrogens is 548 g/mol. The zero-order valence-corrected chi connectivity index (χ0v) is 24.6. The fraction of sp³-hybridized carbons (Fsp3) is 0.265. The maximum atomic E-state index is 12.4. The number of aliphatic hydroxyl groups is 1. The molecule has 0 saturated carbocycles. The second-order valence-corrected chi connectivity index (χ2v) is 11.3. The van der Waals surface area contributed by atoms with Gasteiger partial charge in [0.2, 0.25) is 0 Å². The van der Waals surface area contributed by atoms with Gasteiger partial charge in [-0.2, -0.15) is 0 Å². The molecule has 42 heavy (non-hydrogen) atoms. The van der Waals surface area contributed by atoms with Crippen LogP contribution in [0.25, 0.3) is 0 Å². The average molecular weight is 585 g/mol. The Morgan fingerprint density at radius 1 is 0.857 bits per heavy atom. The smallest absolute Gasteiger partial charge is 0.319 e. The number of amides is 2. The summed E-state index contributed by atoms with van der Waals surface area (Å²) < 4.78 is 18.7. The molecule has 0 aliphatic carbocycles. The number of methoxy groups -OCH3 is 1. The van der Waals surface area contributed by atoms with Crippen molar-refractivity contribution in [1.82, 2.24) is 5.32 Å². The Balaban J connectivity index is 1.29. The number of hydrogen-bond acceptors (Lipinski definition) is 6. The van der Waals surface area contributed by atoms with E-state index in [9.17, 15) is 9.90 Å². The first-order valence-electron chi connectivity index (χ1n) is 14.0. The summed E-state index contributed by atoms with van der Waals surface area (Å²) in [5.41, 5.74) is 4.46. The third-order valence-electron chi connectivity index (χ3n) is 7.33. The van der Waals surface area contributed by atoms with E-state index in [0.29, 0.717) is 18.0 Å². The molecule has 8 heteroatoms. The van der Waals surface area contributed by atoms with Gasteiger partial charge in [-0.3, -0.25) is 0 Å². The van der Waals surface area contributed by atoms with Gasteiger partial charge in [-0.15, -0.1) is 11.8 Å². The van der Waals surface area contributed by atoms with Crippen molar-refractivity contribution in [2.24, 2.45) is 5.92 Å². The molecule has 7 nitrogen and oxygen atoms in total. The van der Waals surface area contributed by atoms with Crippen molar-refractivity contribution >= 4 is 23.5 Å². The van der Waals surface area contributed by atoms with Gasteiger partial charge in [0.05, 0.1) is 25.9 Å². The number of ether oxygens (including phenoxy) is 3. The van der Waals surface area contributed by atoms with E-state index < -0.39 is 6.29 Å². The van der Waals surface area contributed by atoms with Crippen LogP contribution in [0.15, 0.2) is 108 Å². The molecule has 0 spiro atoms. The number of carbonyl (C=O) groups is 1. The van der Waals surface area contributed by atoms with E-state index in [2.05, 4.69) is 23.6 Å². The monoisotopic (exact) mass is 584 g/mol. The highest BCUT2D eigenvalue weighted by molar-refractivity contribution is 7.99. The molecule has 1 fully saturated rings. The van der Waals surface area contributed by atoms with Gasteiger partial charge in [0.15, 0.2) is 6.29 Å². The van der Waals surface area contributed by atoms with Gasteiger partial charge in [-0.25, -0.2) is 4.79 Å². The summed E-state index contributed by atoms with van der Waals surface area (Å²) in [6, 6.07) is 32.9. The van der Waals surface area contributed by atoms with Gasteiger partial charge in [0.25, 0.3) is 0 Å². The van der Waals surface area contributed by atoms with Crippen LogP contribution in [-0.2, 0) is 22.6 Å². The maximum Gasteiger partial charge on any atom is 0.319 e. The van der Waals surface area contributed by atoms with E-state index in [0.717, 1.165) is 32.9 Å². The summed E-state index contributed by atoms with van der Waals surface area (Å²) in [6.07, 6.45) is -0.906. The Kier molecular flexibility index (Phi) is 10.2. The summed E-state index contributed by atoms with van der Waals surface area (Å²) in [5, 5.41) is 15.3. The minimum absolute atomic E-state index is 0.00404. The SMILES string of the molecule is COc1ccccc1SC[C@@H]1O[C@H](c2ccc(NC(=O)NCc3ccccc3)cc2)O[C@H](c2ccc(CO)cc2)[C@@H]1C. The van der Waals surface area contributed by atoms with Crippen LogP contribution in [0.5, 0.6) is 5.75 Å². The van der Waals surface area contributed by atoms with E-state index in [4.69, 9.17) is 14.2 Å². The van der Waals surface area contributed by atoms with Crippen LogP contribution >= 0.6 is 11.8 Å². The van der Waals surface area contributed by atoms with E-state index in [1.54, 1.807) is 18.9 Å². The molecule has 2 amide bonds. The summed E-state index contributed by atoms with van der Waals surface area (Å²) in [7, 11) is 1.68. The Morgan fingerprint density at radius 2 is 1.55 bits per heavy atom. The number of urea groups is 1. The summed E-state index contributed by atoms with van der Waals surface area (Å²) in [4.78, 5) is 13.5. The normalized spacial score (nSPS) is 20.1. The highest BCUT2D eigenvalue weighted by Crippen LogP contribution is 2.43. The predicted molar refractivity (Wildman–Crippen MR) is 165 cm³/mol. The molecule has 1 aliphatic heterocycles. The summed E-state index contributed by atoms with van der Waals surface area (Å²) in [5.74, 6) is 1.62. The molecule has 1 saturated heterocycles. The van der Waals surface area contributed by atoms with Crippen molar-refractivity contribution in [1.29, 1.82) is 0 Å². The van der Waals surface area contributed by atoms with Gasteiger partial charge in [0.1, 0.15) is 5.75 Å². The van der Waals surface area contributed by atoms with Crippen molar-refractivity contribution in [2.45, 2.75) is 43.5 Å². The van der Waals surface area contributed by atoms with Crippen LogP contribution in [0.2, 0.25) is 0 Å². The first kappa shape index (κ1) is 29.7. The summed E-state index contributed by atoms with van der Waals surface area (Å²) in [6.45, 7) is 2.59. The molecule has 0 aromatic heterocycles. The molecule has 0 unspecified atom stereocenters. The Labute approximate surface area is 251 Å². The molecule has 4 aromatic rings. The lowest BCUT2D eigenvalue weighted by molar-refractivity contribution is -0.268. The van der Waals surface area contributed by atoms with Crippen LogP contribution < -0.4 is 15.4 Å². The summed E-state index contributed by atoms with van der Waals surface area (Å²) >= 11 is 1.70. The van der Waals surface area contributed by atoms with Crippen LogP contribution in [0.4, 0.5) is 10.5 Å². The largest absolute Gasteiger partial charge is 0.496 e. The third kappa shape index (κ3) is 7.52. The topological polar surface area (TPSA) is 89.1 Å². The third-order valence-corrected chi connectivity index (χ3v) is 8.48. The van der Waals surface area contributed by atoms with E-state index in [-0.39, 0.29) is 30.8 Å². The Hall–Kier alpha value is -3.82. The number of thioether (sulfide) groups is 1. The number of hydrogen-bond donors (Lipinski definition) is 3. The van der Waals surface area contributed by atoms with Crippen LogP contribution in [0.1, 0.15) is 41.6 Å². The zero-order valence-electron chi connectivity index (χ0n) is 23.7. The quantitative estimate of drug-likeness (QED) is 0.173. The Bertz CT molecular complexity index is 1430. The highest BCUT2D eigenvalue weighted by atomic mass is 32.2. The average Bonchev–Trinajstić information content (AvgIpc) is 3.04. The molecule has 0 radical (unpaired) electrons. The molecule has 5 rings (SSSR count). The molecule has 1 aliphatic rings. The van der Waals surface area contributed by atoms with Gasteiger partial charge in [-0.05, 0) is 41.0 Å². The maximum absolute atomic E-state index is 12.4. The second-order valence-electron chi connectivity index (χ2n) is 10.2. The van der Waals surface area contributed by atoms with Crippen LogP contribution in [-0.4, -0.2) is 30.1 Å². The number of rotatable bonds is 10. The number of carbonyl (C=O) groups excluding carboxylic acids is 1. The number of para-hydroxylation sites is 1. The lowest BCUT2D eigenvalue weighted by Crippen LogP contribution is -2.38. The number of aliphatic hydroxyl groups excluding tert-OH is 1. The minimum atomic E-state index is -0.590. The lowest BCUT2D eigenvalue weighted by Gasteiger charge is -2.41. The second kappa shape index (κ2) is 14.4. The van der Waals surface area contributed by atoms with Crippen molar-refractivity contribution in [3.63, 3.8) is 0 Å². The van der Waals surface area contributed by atoms with Crippen molar-refractivity contribution < 1.29 is 24.1 Å². The first-order valence-corrected chi connectivity index (χ1v) is 15.0. The van der Waals surface area contributed by atoms with E-state index >= 15 is 0 Å². The van der Waals surface area contributed by atoms with Crippen LogP contribution in [0, 0.1) is 5.92 Å². The molecule has 3 N–H and O–H groups in total. The molecule has 4 atom stereocenters. The number of nitrogens with one attached hydrogen (secondary N) is 2. The predicted octanol–water partition coefficient (Wildman–Crippen LogP) is 7.09. The molecule has 0 bridgehead atoms. The number of benzene rings is 4. The minimum Gasteiger partial charge on any atom is -0.496 e. The standard InChI is InChI=1S/C34H36N2O5S/c1-23-30(22-42-31-11-7-6-10-29(31)39-2)40-33(41-32(23)26-14-12-25(21-37)13-15-26)27-16-18-28(19-17-27)36-34(38)35-20-24-8-4-3-5-9-24/h3-19,23,30,32-33,37H,20-22H2,1-2H3,(H2,35,36,38)/t23-,30+,32+,33+/m1/s1. The molecule has 1 heterocycles. The van der Waals surface area contributed by atoms with E-state index in [1.807, 2.05) is 97.1 Å². The number of anilines is 1. The molecule has 218 valence electrons. The highest BCUT2D eigenvalue weighted by Gasteiger charge is 2.38. The van der Waals surface area contributed by atoms with Crippen molar-refractivity contribution in [3.05, 3.63) is 125 Å². The fourth-order valence-electron chi connectivity index (χ4n) is 4.90. The van der Waals surface area contributed by atoms with Gasteiger partial charge in [-0.1, -0.05) is 85.8 Å². The van der Waals surface area contributed by atoms with E-state index in [1.165, 1.54) is 0 Å².